The van der Waals surface area contributed by atoms with Crippen LogP contribution in [0.4, 0.5) is 0 Å². The van der Waals surface area contributed by atoms with Gasteiger partial charge in [0.15, 0.2) is 0 Å². The Balaban J connectivity index is 1.65. The number of aryl methyl sites for hydroxylation is 3. The van der Waals surface area contributed by atoms with Crippen molar-refractivity contribution in [2.75, 3.05) is 0 Å². The lowest BCUT2D eigenvalue weighted by Crippen LogP contribution is -1.90. The molecule has 4 rings (SSSR count). The average molecular weight is 363 g/mol. The molecule has 0 N–H and O–H groups in total. The van der Waals surface area contributed by atoms with Gasteiger partial charge in [-0.2, -0.15) is 0 Å². The quantitative estimate of drug-likeness (QED) is 0.346. The van der Waals surface area contributed by atoms with E-state index in [4.69, 9.17) is 0 Å². The summed E-state index contributed by atoms with van der Waals surface area (Å²) in [5.41, 5.74) is 11.7. The molecular formula is C28H26. The fourth-order valence-electron chi connectivity index (χ4n) is 3.68. The van der Waals surface area contributed by atoms with E-state index in [2.05, 4.69) is 112 Å². The minimum atomic E-state index is 1.03. The zero-order chi connectivity index (χ0) is 19.5. The standard InChI is InChI=1S/C28H26/c1-4-22-19-27(17-18-28(22)26-11-7-21(3)8-12-26)25-15-13-24(14-16-25)23-9-5-20(2)6-10-23/h5-19H,4H2,1-3H3. The number of hydrogen-bond donors (Lipinski definition) is 0. The Labute approximate surface area is 168 Å². The monoisotopic (exact) mass is 362 g/mol. The molecule has 0 unspecified atom stereocenters. The highest BCUT2D eigenvalue weighted by Crippen LogP contribution is 2.31. The molecule has 0 nitrogen and oxygen atoms in total. The summed E-state index contributed by atoms with van der Waals surface area (Å²) in [6.07, 6.45) is 1.03. The molecule has 0 aliphatic rings. The van der Waals surface area contributed by atoms with Crippen LogP contribution in [0.5, 0.6) is 0 Å². The molecule has 4 aromatic carbocycles. The predicted molar refractivity (Wildman–Crippen MR) is 122 cm³/mol. The lowest BCUT2D eigenvalue weighted by atomic mass is 9.93. The number of benzene rings is 4. The second kappa shape index (κ2) is 7.86. The summed E-state index contributed by atoms with van der Waals surface area (Å²) in [5.74, 6) is 0. The van der Waals surface area contributed by atoms with Crippen LogP contribution in [0.2, 0.25) is 0 Å². The summed E-state index contributed by atoms with van der Waals surface area (Å²) < 4.78 is 0. The van der Waals surface area contributed by atoms with Crippen molar-refractivity contribution in [2.45, 2.75) is 27.2 Å². The van der Waals surface area contributed by atoms with E-state index in [0.717, 1.165) is 6.42 Å². The molecule has 0 aliphatic heterocycles. The first-order valence-corrected chi connectivity index (χ1v) is 10.0. The lowest BCUT2D eigenvalue weighted by molar-refractivity contribution is 1.14. The zero-order valence-corrected chi connectivity index (χ0v) is 16.9. The van der Waals surface area contributed by atoms with Crippen LogP contribution in [0.1, 0.15) is 23.6 Å². The van der Waals surface area contributed by atoms with Crippen LogP contribution < -0.4 is 0 Å². The minimum Gasteiger partial charge on any atom is -0.0613 e. The number of rotatable bonds is 4. The van der Waals surface area contributed by atoms with Crippen LogP contribution in [-0.2, 0) is 6.42 Å². The maximum absolute atomic E-state index is 2.34. The molecule has 0 aliphatic carbocycles. The van der Waals surface area contributed by atoms with Crippen molar-refractivity contribution in [1.29, 1.82) is 0 Å². The fraction of sp³-hybridized carbons (Fsp3) is 0.143. The van der Waals surface area contributed by atoms with E-state index in [1.165, 1.54) is 50.1 Å². The van der Waals surface area contributed by atoms with Crippen LogP contribution in [0.3, 0.4) is 0 Å². The molecule has 0 atom stereocenters. The van der Waals surface area contributed by atoms with Crippen molar-refractivity contribution in [3.8, 4) is 33.4 Å². The van der Waals surface area contributed by atoms with Crippen LogP contribution in [0.25, 0.3) is 33.4 Å². The first-order valence-electron chi connectivity index (χ1n) is 10.0. The van der Waals surface area contributed by atoms with Gasteiger partial charge in [0.25, 0.3) is 0 Å². The van der Waals surface area contributed by atoms with Crippen molar-refractivity contribution in [2.24, 2.45) is 0 Å². The maximum Gasteiger partial charge on any atom is -0.0152 e. The normalized spacial score (nSPS) is 10.8. The Hall–Kier alpha value is -3.12. The van der Waals surface area contributed by atoms with E-state index >= 15 is 0 Å². The summed E-state index contributed by atoms with van der Waals surface area (Å²) in [6.45, 7) is 6.49. The van der Waals surface area contributed by atoms with Gasteiger partial charge in [-0.3, -0.25) is 0 Å². The smallest absolute Gasteiger partial charge is 0.0152 e. The highest BCUT2D eigenvalue weighted by atomic mass is 14.1. The predicted octanol–water partition coefficient (Wildman–Crippen LogP) is 7.87. The van der Waals surface area contributed by atoms with Gasteiger partial charge in [0.2, 0.25) is 0 Å². The average Bonchev–Trinajstić information content (AvgIpc) is 2.75. The Morgan fingerprint density at radius 3 is 1.36 bits per heavy atom. The van der Waals surface area contributed by atoms with Crippen LogP contribution in [0, 0.1) is 13.8 Å². The van der Waals surface area contributed by atoms with Crippen LogP contribution in [-0.4, -0.2) is 0 Å². The van der Waals surface area contributed by atoms with E-state index in [1.54, 1.807) is 0 Å². The summed E-state index contributed by atoms with van der Waals surface area (Å²) in [5, 5.41) is 0. The highest BCUT2D eigenvalue weighted by molar-refractivity contribution is 5.75. The summed E-state index contributed by atoms with van der Waals surface area (Å²) in [7, 11) is 0. The van der Waals surface area contributed by atoms with Gasteiger partial charge in [-0.15, -0.1) is 0 Å². The minimum absolute atomic E-state index is 1.03. The maximum atomic E-state index is 2.34. The molecule has 4 aromatic rings. The van der Waals surface area contributed by atoms with E-state index in [1.807, 2.05) is 0 Å². The van der Waals surface area contributed by atoms with E-state index < -0.39 is 0 Å². The molecular weight excluding hydrogens is 336 g/mol. The topological polar surface area (TPSA) is 0 Å². The Morgan fingerprint density at radius 2 is 0.857 bits per heavy atom. The van der Waals surface area contributed by atoms with E-state index in [9.17, 15) is 0 Å². The van der Waals surface area contributed by atoms with E-state index in [-0.39, 0.29) is 0 Å². The second-order valence-electron chi connectivity index (χ2n) is 7.53. The summed E-state index contributed by atoms with van der Waals surface area (Å²) in [4.78, 5) is 0. The molecule has 0 spiro atoms. The molecule has 0 bridgehead atoms. The van der Waals surface area contributed by atoms with Gasteiger partial charge in [-0.25, -0.2) is 0 Å². The molecule has 138 valence electrons. The van der Waals surface area contributed by atoms with Crippen molar-refractivity contribution >= 4 is 0 Å². The van der Waals surface area contributed by atoms with Gasteiger partial charge in [0, 0.05) is 0 Å². The van der Waals surface area contributed by atoms with Gasteiger partial charge in [-0.05, 0) is 59.2 Å². The molecule has 0 amide bonds. The van der Waals surface area contributed by atoms with Gasteiger partial charge >= 0.3 is 0 Å². The largest absolute Gasteiger partial charge is 0.0613 e. The third-order valence-corrected chi connectivity index (χ3v) is 5.45. The number of hydrogen-bond acceptors (Lipinski definition) is 0. The Bertz CT molecular complexity index is 1070. The van der Waals surface area contributed by atoms with Gasteiger partial charge in [0.1, 0.15) is 0 Å². The van der Waals surface area contributed by atoms with Crippen LogP contribution in [0.15, 0.2) is 91.0 Å². The van der Waals surface area contributed by atoms with Gasteiger partial charge < -0.3 is 0 Å². The Kier molecular flexibility index (Phi) is 5.12. The first kappa shape index (κ1) is 18.3. The molecule has 0 radical (unpaired) electrons. The summed E-state index contributed by atoms with van der Waals surface area (Å²) in [6, 6.07) is 33.3. The third-order valence-electron chi connectivity index (χ3n) is 5.45. The molecule has 0 heterocycles. The molecule has 0 fully saturated rings. The highest BCUT2D eigenvalue weighted by Gasteiger charge is 2.07. The van der Waals surface area contributed by atoms with E-state index in [0.29, 0.717) is 0 Å². The molecule has 0 aromatic heterocycles. The fourth-order valence-corrected chi connectivity index (χ4v) is 3.68. The molecule has 0 saturated heterocycles. The van der Waals surface area contributed by atoms with Crippen molar-refractivity contribution in [3.63, 3.8) is 0 Å². The summed E-state index contributed by atoms with van der Waals surface area (Å²) >= 11 is 0. The molecule has 28 heavy (non-hydrogen) atoms. The molecule has 0 heteroatoms. The lowest BCUT2D eigenvalue weighted by Gasteiger charge is -2.12. The van der Waals surface area contributed by atoms with Crippen molar-refractivity contribution < 1.29 is 0 Å². The van der Waals surface area contributed by atoms with Crippen molar-refractivity contribution in [3.05, 3.63) is 108 Å². The van der Waals surface area contributed by atoms with Gasteiger partial charge in [0.05, 0.1) is 0 Å². The SMILES string of the molecule is CCc1cc(-c2ccc(-c3ccc(C)cc3)cc2)ccc1-c1ccc(C)cc1. The first-order chi connectivity index (χ1) is 13.6. The zero-order valence-electron chi connectivity index (χ0n) is 16.9. The second-order valence-corrected chi connectivity index (χ2v) is 7.53. The van der Waals surface area contributed by atoms with Crippen molar-refractivity contribution in [1.82, 2.24) is 0 Å². The molecule has 0 saturated carbocycles. The van der Waals surface area contributed by atoms with Crippen LogP contribution >= 0.6 is 0 Å². The third kappa shape index (κ3) is 3.77. The van der Waals surface area contributed by atoms with Gasteiger partial charge in [-0.1, -0.05) is 109 Å². The Morgan fingerprint density at radius 1 is 0.464 bits per heavy atom.